The van der Waals surface area contributed by atoms with Crippen LogP contribution in [0.25, 0.3) is 0 Å². The van der Waals surface area contributed by atoms with E-state index >= 15 is 0 Å². The second-order valence-corrected chi connectivity index (χ2v) is 7.50. The first-order valence-corrected chi connectivity index (χ1v) is 9.63. The second kappa shape index (κ2) is 7.24. The third-order valence-electron chi connectivity index (χ3n) is 5.45. The Bertz CT molecular complexity index is 899. The SMILES string of the molecule is CN1c2cc(C(=O)NCc3ccccc3Cl)ccc2C(=O)N2CCCCC21. The summed E-state index contributed by atoms with van der Waals surface area (Å²) in [7, 11) is 2.00. The van der Waals surface area contributed by atoms with E-state index in [9.17, 15) is 9.59 Å². The minimum atomic E-state index is -0.176. The van der Waals surface area contributed by atoms with Gasteiger partial charge in [0.2, 0.25) is 0 Å². The molecule has 2 aliphatic rings. The minimum absolute atomic E-state index is 0.0656. The molecule has 1 unspecified atom stereocenters. The predicted octanol–water partition coefficient (Wildman–Crippen LogP) is 3.67. The molecule has 2 aliphatic heterocycles. The molecule has 2 aromatic carbocycles. The van der Waals surface area contributed by atoms with Crippen LogP contribution in [0.4, 0.5) is 5.69 Å². The van der Waals surface area contributed by atoms with Crippen molar-refractivity contribution in [3.8, 4) is 0 Å². The summed E-state index contributed by atoms with van der Waals surface area (Å²) in [5.74, 6) is -0.111. The molecular formula is C21H22ClN3O2. The van der Waals surface area contributed by atoms with Crippen molar-refractivity contribution in [3.05, 3.63) is 64.2 Å². The summed E-state index contributed by atoms with van der Waals surface area (Å²) in [6, 6.07) is 12.8. The Balaban J connectivity index is 1.55. The fraction of sp³-hybridized carbons (Fsp3) is 0.333. The maximum absolute atomic E-state index is 12.8. The molecule has 1 N–H and O–H groups in total. The number of halogens is 1. The number of amides is 2. The van der Waals surface area contributed by atoms with E-state index in [2.05, 4.69) is 10.2 Å². The van der Waals surface area contributed by atoms with Gasteiger partial charge in [0.1, 0.15) is 6.17 Å². The Morgan fingerprint density at radius 2 is 2.04 bits per heavy atom. The van der Waals surface area contributed by atoms with Crippen LogP contribution >= 0.6 is 11.6 Å². The van der Waals surface area contributed by atoms with Gasteiger partial charge >= 0.3 is 0 Å². The zero-order chi connectivity index (χ0) is 19.0. The molecule has 2 aromatic rings. The zero-order valence-electron chi connectivity index (χ0n) is 15.2. The lowest BCUT2D eigenvalue weighted by Crippen LogP contribution is -2.55. The molecule has 4 rings (SSSR count). The maximum Gasteiger partial charge on any atom is 0.257 e. The number of nitrogens with one attached hydrogen (secondary N) is 1. The summed E-state index contributed by atoms with van der Waals surface area (Å²) in [5, 5.41) is 3.54. The third kappa shape index (κ3) is 3.28. The molecule has 0 aromatic heterocycles. The van der Waals surface area contributed by atoms with Gasteiger partial charge in [0.15, 0.2) is 0 Å². The van der Waals surface area contributed by atoms with Crippen molar-refractivity contribution in [2.45, 2.75) is 32.0 Å². The number of piperidine rings is 1. The molecule has 5 nitrogen and oxygen atoms in total. The zero-order valence-corrected chi connectivity index (χ0v) is 16.0. The van der Waals surface area contributed by atoms with E-state index in [0.29, 0.717) is 22.7 Å². The molecule has 1 fully saturated rings. The molecule has 2 amide bonds. The molecule has 2 heterocycles. The van der Waals surface area contributed by atoms with E-state index in [1.54, 1.807) is 18.2 Å². The Kier molecular flexibility index (Phi) is 4.79. The third-order valence-corrected chi connectivity index (χ3v) is 5.82. The quantitative estimate of drug-likeness (QED) is 0.879. The number of benzene rings is 2. The van der Waals surface area contributed by atoms with E-state index < -0.39 is 0 Å². The predicted molar refractivity (Wildman–Crippen MR) is 106 cm³/mol. The molecule has 0 radical (unpaired) electrons. The summed E-state index contributed by atoms with van der Waals surface area (Å²) in [5.41, 5.74) is 2.91. The Labute approximate surface area is 163 Å². The van der Waals surface area contributed by atoms with E-state index in [1.807, 2.05) is 36.2 Å². The van der Waals surface area contributed by atoms with Gasteiger partial charge in [0.25, 0.3) is 11.8 Å². The number of anilines is 1. The van der Waals surface area contributed by atoms with Crippen LogP contribution in [0.15, 0.2) is 42.5 Å². The Hall–Kier alpha value is -2.53. The number of carbonyl (C=O) groups is 2. The molecular weight excluding hydrogens is 362 g/mol. The van der Waals surface area contributed by atoms with E-state index in [0.717, 1.165) is 37.1 Å². The number of nitrogens with zero attached hydrogens (tertiary/aromatic N) is 2. The van der Waals surface area contributed by atoms with E-state index in [1.165, 1.54) is 0 Å². The van der Waals surface area contributed by atoms with E-state index in [4.69, 9.17) is 11.6 Å². The lowest BCUT2D eigenvalue weighted by atomic mass is 9.97. The number of carbonyl (C=O) groups excluding carboxylic acids is 2. The van der Waals surface area contributed by atoms with Gasteiger partial charge in [-0.1, -0.05) is 29.8 Å². The average Bonchev–Trinajstić information content (AvgIpc) is 2.71. The summed E-state index contributed by atoms with van der Waals surface area (Å²) in [4.78, 5) is 29.5. The molecule has 0 aliphatic carbocycles. The van der Waals surface area contributed by atoms with Crippen LogP contribution < -0.4 is 10.2 Å². The first kappa shape index (κ1) is 17.9. The highest BCUT2D eigenvalue weighted by atomic mass is 35.5. The van der Waals surface area contributed by atoms with Gasteiger partial charge < -0.3 is 15.1 Å². The van der Waals surface area contributed by atoms with Gasteiger partial charge in [0, 0.05) is 30.7 Å². The molecule has 1 saturated heterocycles. The second-order valence-electron chi connectivity index (χ2n) is 7.09. The largest absolute Gasteiger partial charge is 0.354 e. The van der Waals surface area contributed by atoms with Crippen LogP contribution in [-0.4, -0.2) is 36.5 Å². The first-order chi connectivity index (χ1) is 13.1. The van der Waals surface area contributed by atoms with Crippen molar-refractivity contribution in [2.75, 3.05) is 18.5 Å². The maximum atomic E-state index is 12.8. The molecule has 0 bridgehead atoms. The monoisotopic (exact) mass is 383 g/mol. The van der Waals surface area contributed by atoms with Crippen molar-refractivity contribution in [3.63, 3.8) is 0 Å². The molecule has 1 atom stereocenters. The highest BCUT2D eigenvalue weighted by Gasteiger charge is 2.37. The van der Waals surface area contributed by atoms with Gasteiger partial charge in [-0.15, -0.1) is 0 Å². The van der Waals surface area contributed by atoms with Gasteiger partial charge in [-0.3, -0.25) is 9.59 Å². The van der Waals surface area contributed by atoms with Gasteiger partial charge in [-0.05, 0) is 49.1 Å². The van der Waals surface area contributed by atoms with Crippen LogP contribution in [0.5, 0.6) is 0 Å². The van der Waals surface area contributed by atoms with Crippen LogP contribution in [0.2, 0.25) is 5.02 Å². The van der Waals surface area contributed by atoms with Crippen molar-refractivity contribution < 1.29 is 9.59 Å². The summed E-state index contributed by atoms with van der Waals surface area (Å²) in [6.07, 6.45) is 3.21. The van der Waals surface area contributed by atoms with Crippen molar-refractivity contribution >= 4 is 29.1 Å². The summed E-state index contributed by atoms with van der Waals surface area (Å²) >= 11 is 6.15. The number of rotatable bonds is 3. The molecule has 140 valence electrons. The van der Waals surface area contributed by atoms with Crippen LogP contribution in [0, 0.1) is 0 Å². The number of hydrogen-bond donors (Lipinski definition) is 1. The Morgan fingerprint density at radius 3 is 2.85 bits per heavy atom. The highest BCUT2D eigenvalue weighted by molar-refractivity contribution is 6.31. The van der Waals surface area contributed by atoms with Crippen LogP contribution in [0.1, 0.15) is 45.5 Å². The smallest absolute Gasteiger partial charge is 0.257 e. The standard InChI is InChI=1S/C21H22ClN3O2/c1-24-18-12-14(20(26)23-13-15-6-2-3-7-17(15)22)9-10-16(18)21(27)25-11-5-4-8-19(24)25/h2-3,6-7,9-10,12,19H,4-5,8,11,13H2,1H3,(H,23,26). The fourth-order valence-corrected chi connectivity index (χ4v) is 4.14. The lowest BCUT2D eigenvalue weighted by Gasteiger charge is -2.46. The average molecular weight is 384 g/mol. The highest BCUT2D eigenvalue weighted by Crippen LogP contribution is 2.34. The normalized spacial score (nSPS) is 18.7. The molecule has 6 heteroatoms. The van der Waals surface area contributed by atoms with Crippen molar-refractivity contribution in [1.82, 2.24) is 10.2 Å². The first-order valence-electron chi connectivity index (χ1n) is 9.26. The van der Waals surface area contributed by atoms with Gasteiger partial charge in [0.05, 0.1) is 11.3 Å². The molecule has 0 spiro atoms. The van der Waals surface area contributed by atoms with Crippen molar-refractivity contribution in [2.24, 2.45) is 0 Å². The van der Waals surface area contributed by atoms with Crippen LogP contribution in [-0.2, 0) is 6.54 Å². The van der Waals surface area contributed by atoms with E-state index in [-0.39, 0.29) is 18.0 Å². The minimum Gasteiger partial charge on any atom is -0.354 e. The number of fused-ring (bicyclic) bond motifs is 2. The molecule has 27 heavy (non-hydrogen) atoms. The van der Waals surface area contributed by atoms with Crippen molar-refractivity contribution in [1.29, 1.82) is 0 Å². The fourth-order valence-electron chi connectivity index (χ4n) is 3.93. The molecule has 0 saturated carbocycles. The van der Waals surface area contributed by atoms with Crippen LogP contribution in [0.3, 0.4) is 0 Å². The van der Waals surface area contributed by atoms with Gasteiger partial charge in [-0.25, -0.2) is 0 Å². The summed E-state index contributed by atoms with van der Waals surface area (Å²) < 4.78 is 0. The Morgan fingerprint density at radius 1 is 1.22 bits per heavy atom. The lowest BCUT2D eigenvalue weighted by molar-refractivity contribution is 0.0589. The van der Waals surface area contributed by atoms with Gasteiger partial charge in [-0.2, -0.15) is 0 Å². The topological polar surface area (TPSA) is 52.7 Å². The number of hydrogen-bond acceptors (Lipinski definition) is 3. The summed E-state index contributed by atoms with van der Waals surface area (Å²) in [6.45, 7) is 1.16.